The van der Waals surface area contributed by atoms with Crippen LogP contribution in [0.15, 0.2) is 46.2 Å². The zero-order valence-electron chi connectivity index (χ0n) is 14.0. The van der Waals surface area contributed by atoms with E-state index < -0.39 is 11.2 Å². The van der Waals surface area contributed by atoms with E-state index in [0.29, 0.717) is 23.1 Å². The molecule has 0 radical (unpaired) electrons. The first-order valence-electron chi connectivity index (χ1n) is 7.86. The zero-order chi connectivity index (χ0) is 19.1. The largest absolute Gasteiger partial charge is 0.329 e. The molecule has 0 aliphatic rings. The number of aromatic nitrogens is 6. The van der Waals surface area contributed by atoms with E-state index >= 15 is 0 Å². The molecule has 4 rings (SSSR count). The molecule has 0 amide bonds. The molecule has 0 atom stereocenters. The van der Waals surface area contributed by atoms with Crippen molar-refractivity contribution in [1.82, 2.24) is 29.1 Å². The van der Waals surface area contributed by atoms with Gasteiger partial charge in [-0.3, -0.25) is 14.3 Å². The molecule has 0 saturated heterocycles. The van der Waals surface area contributed by atoms with Crippen LogP contribution in [-0.2, 0) is 13.6 Å². The predicted octanol–water partition coefficient (Wildman–Crippen LogP) is 2.24. The molecular formula is C17H12Cl2N6O2. The van der Waals surface area contributed by atoms with Crippen molar-refractivity contribution in [2.24, 2.45) is 7.05 Å². The number of H-pyrrole nitrogens is 1. The van der Waals surface area contributed by atoms with Crippen molar-refractivity contribution in [3.63, 3.8) is 0 Å². The number of hydrogen-bond donors (Lipinski definition) is 1. The van der Waals surface area contributed by atoms with Gasteiger partial charge in [0.05, 0.1) is 0 Å². The van der Waals surface area contributed by atoms with Crippen LogP contribution < -0.4 is 11.2 Å². The van der Waals surface area contributed by atoms with Crippen molar-refractivity contribution in [1.29, 1.82) is 0 Å². The monoisotopic (exact) mass is 402 g/mol. The molecule has 27 heavy (non-hydrogen) atoms. The van der Waals surface area contributed by atoms with E-state index in [2.05, 4.69) is 19.9 Å². The van der Waals surface area contributed by atoms with Gasteiger partial charge in [0.1, 0.15) is 5.69 Å². The number of rotatable bonds is 3. The summed E-state index contributed by atoms with van der Waals surface area (Å²) in [5, 5.41) is 0.748. The summed E-state index contributed by atoms with van der Waals surface area (Å²) in [7, 11) is 1.53. The van der Waals surface area contributed by atoms with Crippen molar-refractivity contribution in [3.8, 4) is 11.5 Å². The Morgan fingerprint density at radius 3 is 2.48 bits per heavy atom. The molecule has 10 heteroatoms. The Morgan fingerprint density at radius 1 is 1.07 bits per heavy atom. The molecule has 136 valence electrons. The number of nitrogens with one attached hydrogen (secondary N) is 1. The van der Waals surface area contributed by atoms with E-state index in [1.807, 2.05) is 12.1 Å². The van der Waals surface area contributed by atoms with Crippen molar-refractivity contribution in [2.45, 2.75) is 6.54 Å². The first kappa shape index (κ1) is 17.4. The second-order valence-electron chi connectivity index (χ2n) is 5.83. The molecule has 0 saturated carbocycles. The zero-order valence-corrected chi connectivity index (χ0v) is 15.5. The van der Waals surface area contributed by atoms with Gasteiger partial charge in [0, 0.05) is 31.0 Å². The summed E-state index contributed by atoms with van der Waals surface area (Å²) < 4.78 is 2.93. The Hall–Kier alpha value is -2.97. The quantitative estimate of drug-likeness (QED) is 0.566. The molecule has 4 aromatic rings. The molecule has 8 nitrogen and oxygen atoms in total. The number of aryl methyl sites for hydroxylation is 1. The van der Waals surface area contributed by atoms with Crippen LogP contribution in [0.5, 0.6) is 0 Å². The van der Waals surface area contributed by atoms with E-state index in [1.165, 1.54) is 24.0 Å². The average Bonchev–Trinajstić information content (AvgIpc) is 3.02. The summed E-state index contributed by atoms with van der Waals surface area (Å²) >= 11 is 12.1. The van der Waals surface area contributed by atoms with Crippen LogP contribution in [0.3, 0.4) is 0 Å². The van der Waals surface area contributed by atoms with E-state index in [0.717, 1.165) is 5.56 Å². The fourth-order valence-electron chi connectivity index (χ4n) is 2.81. The molecule has 0 aliphatic carbocycles. The third-order valence-electron chi connectivity index (χ3n) is 4.13. The number of halogens is 2. The van der Waals surface area contributed by atoms with Crippen molar-refractivity contribution in [2.75, 3.05) is 0 Å². The van der Waals surface area contributed by atoms with Gasteiger partial charge in [0.25, 0.3) is 5.56 Å². The fraction of sp³-hybridized carbons (Fsp3) is 0.118. The maximum atomic E-state index is 12.5. The van der Waals surface area contributed by atoms with Gasteiger partial charge in [-0.25, -0.2) is 19.7 Å². The van der Waals surface area contributed by atoms with Crippen LogP contribution in [0.2, 0.25) is 10.2 Å². The van der Waals surface area contributed by atoms with E-state index in [4.69, 9.17) is 23.2 Å². The number of fused-ring (bicyclic) bond motifs is 1. The highest BCUT2D eigenvalue weighted by Crippen LogP contribution is 2.26. The molecular weight excluding hydrogens is 391 g/mol. The van der Waals surface area contributed by atoms with Gasteiger partial charge in [0.2, 0.25) is 0 Å². The topological polar surface area (TPSA) is 98.5 Å². The normalized spacial score (nSPS) is 11.2. The molecule has 0 spiro atoms. The highest BCUT2D eigenvalue weighted by molar-refractivity contribution is 6.31. The van der Waals surface area contributed by atoms with E-state index in [9.17, 15) is 9.59 Å². The van der Waals surface area contributed by atoms with Crippen LogP contribution in [-0.4, -0.2) is 29.1 Å². The lowest BCUT2D eigenvalue weighted by molar-refractivity contribution is 0.809. The second kappa shape index (κ2) is 6.64. The molecule has 0 aliphatic heterocycles. The third kappa shape index (κ3) is 3.02. The summed E-state index contributed by atoms with van der Waals surface area (Å²) in [6.45, 7) is 0.303. The highest BCUT2D eigenvalue weighted by atomic mass is 35.5. The minimum absolute atomic E-state index is 0.145. The number of aromatic amines is 1. The number of imidazole rings is 1. The van der Waals surface area contributed by atoms with Gasteiger partial charge >= 0.3 is 5.69 Å². The molecule has 1 N–H and O–H groups in total. The lowest BCUT2D eigenvalue weighted by atomic mass is 10.2. The van der Waals surface area contributed by atoms with Gasteiger partial charge in [-0.2, -0.15) is 0 Å². The lowest BCUT2D eigenvalue weighted by Gasteiger charge is -2.09. The first-order valence-corrected chi connectivity index (χ1v) is 8.62. The number of nitrogens with zero attached hydrogens (tertiary/aromatic N) is 5. The molecule has 1 aromatic carbocycles. The van der Waals surface area contributed by atoms with Crippen LogP contribution in [0.1, 0.15) is 5.56 Å². The SMILES string of the molecule is Cn1c(=O)[nH]c(=O)c2c1nc(-c1nccnc1Cl)n2Cc1ccc(Cl)cc1. The van der Waals surface area contributed by atoms with Gasteiger partial charge in [-0.1, -0.05) is 35.3 Å². The predicted molar refractivity (Wildman–Crippen MR) is 102 cm³/mol. The minimum atomic E-state index is -0.555. The van der Waals surface area contributed by atoms with Crippen LogP contribution in [0.4, 0.5) is 0 Å². The van der Waals surface area contributed by atoms with Crippen LogP contribution in [0.25, 0.3) is 22.7 Å². The molecule has 3 aromatic heterocycles. The van der Waals surface area contributed by atoms with Gasteiger partial charge in [0.15, 0.2) is 22.1 Å². The van der Waals surface area contributed by atoms with Gasteiger partial charge < -0.3 is 4.57 Å². The van der Waals surface area contributed by atoms with Crippen molar-refractivity contribution in [3.05, 3.63) is 73.2 Å². The fourth-order valence-corrected chi connectivity index (χ4v) is 3.13. The average molecular weight is 403 g/mol. The number of hydrogen-bond acceptors (Lipinski definition) is 5. The van der Waals surface area contributed by atoms with Gasteiger partial charge in [-0.15, -0.1) is 0 Å². The van der Waals surface area contributed by atoms with Crippen LogP contribution >= 0.6 is 23.2 Å². The Labute approximate surface area is 162 Å². The maximum absolute atomic E-state index is 12.5. The lowest BCUT2D eigenvalue weighted by Crippen LogP contribution is -2.29. The Kier molecular flexibility index (Phi) is 4.29. The first-order chi connectivity index (χ1) is 13.0. The Morgan fingerprint density at radius 2 is 1.78 bits per heavy atom. The maximum Gasteiger partial charge on any atom is 0.329 e. The molecule has 0 bridgehead atoms. The summed E-state index contributed by atoms with van der Waals surface area (Å²) in [6, 6.07) is 7.19. The van der Waals surface area contributed by atoms with Gasteiger partial charge in [-0.05, 0) is 17.7 Å². The highest BCUT2D eigenvalue weighted by Gasteiger charge is 2.21. The van der Waals surface area contributed by atoms with E-state index in [1.54, 1.807) is 16.7 Å². The standard InChI is InChI=1S/C17H12Cl2N6O2/c1-24-15-12(16(26)23-17(24)27)25(8-9-2-4-10(18)5-3-9)14(22-15)11-13(19)21-7-6-20-11/h2-7H,8H2,1H3,(H,23,26,27). The Balaban J connectivity index is 2.04. The summed E-state index contributed by atoms with van der Waals surface area (Å²) in [5.74, 6) is 0.338. The van der Waals surface area contributed by atoms with Crippen molar-refractivity contribution >= 4 is 34.4 Å². The van der Waals surface area contributed by atoms with E-state index in [-0.39, 0.29) is 16.3 Å². The second-order valence-corrected chi connectivity index (χ2v) is 6.63. The molecule has 3 heterocycles. The minimum Gasteiger partial charge on any atom is -0.312 e. The summed E-state index contributed by atoms with van der Waals surface area (Å²) in [6.07, 6.45) is 2.94. The number of benzene rings is 1. The smallest absolute Gasteiger partial charge is 0.312 e. The Bertz CT molecular complexity index is 1270. The molecule has 0 unspecified atom stereocenters. The summed E-state index contributed by atoms with van der Waals surface area (Å²) in [5.41, 5.74) is 0.573. The summed E-state index contributed by atoms with van der Waals surface area (Å²) in [4.78, 5) is 39.5. The third-order valence-corrected chi connectivity index (χ3v) is 4.65. The molecule has 0 fully saturated rings. The van der Waals surface area contributed by atoms with Crippen molar-refractivity contribution < 1.29 is 0 Å². The van der Waals surface area contributed by atoms with Crippen LogP contribution in [0, 0.1) is 0 Å².